The molecule has 0 radical (unpaired) electrons. The number of esters is 1. The number of anilines is 1. The second-order valence-corrected chi connectivity index (χ2v) is 7.27. The molecule has 3 aromatic rings. The molecule has 8 heteroatoms. The second kappa shape index (κ2) is 10.4. The van der Waals surface area contributed by atoms with Crippen molar-refractivity contribution < 1.29 is 19.1 Å². The van der Waals surface area contributed by atoms with Gasteiger partial charge in [0.1, 0.15) is 5.75 Å². The van der Waals surface area contributed by atoms with Crippen LogP contribution >= 0.6 is 11.6 Å². The number of hydrazone groups is 1. The molecular weight excluding hydrogens is 430 g/mol. The van der Waals surface area contributed by atoms with Gasteiger partial charge in [-0.05, 0) is 73.5 Å². The Morgan fingerprint density at radius 3 is 2.31 bits per heavy atom. The highest BCUT2D eigenvalue weighted by atomic mass is 35.5. The van der Waals surface area contributed by atoms with Crippen molar-refractivity contribution >= 4 is 40.8 Å². The van der Waals surface area contributed by atoms with Crippen molar-refractivity contribution in [1.82, 2.24) is 5.43 Å². The van der Waals surface area contributed by atoms with E-state index in [1.165, 1.54) is 6.07 Å². The molecular formula is C24H20ClN3O4. The van der Waals surface area contributed by atoms with Crippen molar-refractivity contribution in [2.75, 3.05) is 5.32 Å². The summed E-state index contributed by atoms with van der Waals surface area (Å²) in [5.74, 6) is -1.87. The maximum absolute atomic E-state index is 12.3. The van der Waals surface area contributed by atoms with E-state index in [2.05, 4.69) is 15.8 Å². The molecule has 3 aromatic carbocycles. The Balaban J connectivity index is 1.58. The van der Waals surface area contributed by atoms with E-state index < -0.39 is 17.8 Å². The fourth-order valence-corrected chi connectivity index (χ4v) is 2.92. The fourth-order valence-electron chi connectivity index (χ4n) is 2.73. The van der Waals surface area contributed by atoms with Gasteiger partial charge in [0.05, 0.1) is 11.3 Å². The van der Waals surface area contributed by atoms with Gasteiger partial charge in [-0.25, -0.2) is 10.2 Å². The number of carbonyl (C=O) groups is 3. The Bertz CT molecular complexity index is 1190. The van der Waals surface area contributed by atoms with E-state index in [4.69, 9.17) is 16.3 Å². The van der Waals surface area contributed by atoms with Gasteiger partial charge in [0, 0.05) is 10.7 Å². The number of hydrogen-bond donors (Lipinski definition) is 2. The summed E-state index contributed by atoms with van der Waals surface area (Å²) in [7, 11) is 0. The largest absolute Gasteiger partial charge is 0.423 e. The third-order valence-electron chi connectivity index (χ3n) is 4.46. The van der Waals surface area contributed by atoms with Gasteiger partial charge < -0.3 is 10.1 Å². The van der Waals surface area contributed by atoms with E-state index in [-0.39, 0.29) is 0 Å². The Morgan fingerprint density at radius 2 is 1.62 bits per heavy atom. The minimum absolute atomic E-state index is 0.375. The highest BCUT2D eigenvalue weighted by Gasteiger charge is 2.14. The standard InChI is InChI=1S/C24H20ClN3O4/c1-15-6-3-4-9-21(15)24(31)32-20-12-10-17(11-13-20)16(2)27-28-23(30)22(29)26-19-8-5-7-18(25)14-19/h3-14H,1-2H3,(H,26,29)(H,28,30). The van der Waals surface area contributed by atoms with Gasteiger partial charge in [-0.15, -0.1) is 0 Å². The number of hydrogen-bond acceptors (Lipinski definition) is 5. The Labute approximate surface area is 190 Å². The molecule has 162 valence electrons. The number of rotatable bonds is 5. The smallest absolute Gasteiger partial charge is 0.343 e. The van der Waals surface area contributed by atoms with Crippen LogP contribution in [0.1, 0.15) is 28.4 Å². The third-order valence-corrected chi connectivity index (χ3v) is 4.70. The van der Waals surface area contributed by atoms with Crippen molar-refractivity contribution in [3.05, 3.63) is 94.5 Å². The van der Waals surface area contributed by atoms with Gasteiger partial charge >= 0.3 is 17.8 Å². The number of nitrogens with one attached hydrogen (secondary N) is 2. The van der Waals surface area contributed by atoms with E-state index in [1.54, 1.807) is 61.5 Å². The Morgan fingerprint density at radius 1 is 0.906 bits per heavy atom. The van der Waals surface area contributed by atoms with Crippen LogP contribution in [0.5, 0.6) is 5.75 Å². The van der Waals surface area contributed by atoms with E-state index in [0.29, 0.717) is 33.3 Å². The fraction of sp³-hybridized carbons (Fsp3) is 0.0833. The number of halogens is 1. The molecule has 0 aliphatic rings. The summed E-state index contributed by atoms with van der Waals surface area (Å²) < 4.78 is 5.40. The number of aryl methyl sites for hydroxylation is 1. The van der Waals surface area contributed by atoms with Crippen LogP contribution in [0.15, 0.2) is 77.9 Å². The number of nitrogens with zero attached hydrogens (tertiary/aromatic N) is 1. The van der Waals surface area contributed by atoms with Crippen LogP contribution < -0.4 is 15.5 Å². The lowest BCUT2D eigenvalue weighted by molar-refractivity contribution is -0.136. The summed E-state index contributed by atoms with van der Waals surface area (Å²) in [5, 5.41) is 6.82. The van der Waals surface area contributed by atoms with E-state index >= 15 is 0 Å². The molecule has 32 heavy (non-hydrogen) atoms. The average Bonchev–Trinajstić information content (AvgIpc) is 2.78. The first kappa shape index (κ1) is 22.7. The van der Waals surface area contributed by atoms with Gasteiger partial charge in [0.2, 0.25) is 0 Å². The molecule has 0 fully saturated rings. The van der Waals surface area contributed by atoms with Crippen molar-refractivity contribution in [3.8, 4) is 5.75 Å². The lowest BCUT2D eigenvalue weighted by Gasteiger charge is -2.08. The van der Waals surface area contributed by atoms with Crippen LogP contribution in [0.3, 0.4) is 0 Å². The molecule has 0 heterocycles. The summed E-state index contributed by atoms with van der Waals surface area (Å²) in [6.07, 6.45) is 0. The summed E-state index contributed by atoms with van der Waals surface area (Å²) in [6.45, 7) is 3.51. The lowest BCUT2D eigenvalue weighted by Crippen LogP contribution is -2.32. The lowest BCUT2D eigenvalue weighted by atomic mass is 10.1. The molecule has 7 nitrogen and oxygen atoms in total. The highest BCUT2D eigenvalue weighted by Crippen LogP contribution is 2.17. The normalized spacial score (nSPS) is 10.9. The molecule has 2 N–H and O–H groups in total. The SMILES string of the molecule is CC(=NNC(=O)C(=O)Nc1cccc(Cl)c1)c1ccc(OC(=O)c2ccccc2C)cc1. The highest BCUT2D eigenvalue weighted by molar-refractivity contribution is 6.40. The second-order valence-electron chi connectivity index (χ2n) is 6.83. The monoisotopic (exact) mass is 449 g/mol. The molecule has 0 saturated carbocycles. The summed E-state index contributed by atoms with van der Waals surface area (Å²) >= 11 is 5.85. The first-order chi connectivity index (χ1) is 15.3. The first-order valence-electron chi connectivity index (χ1n) is 9.63. The van der Waals surface area contributed by atoms with Gasteiger partial charge in [0.25, 0.3) is 0 Å². The summed E-state index contributed by atoms with van der Waals surface area (Å²) in [5.41, 5.74) is 5.07. The number of carbonyl (C=O) groups excluding carboxylic acids is 3. The number of amides is 2. The number of benzene rings is 3. The first-order valence-corrected chi connectivity index (χ1v) is 10.0. The van der Waals surface area contributed by atoms with Crippen LogP contribution in [-0.4, -0.2) is 23.5 Å². The van der Waals surface area contributed by atoms with Crippen molar-refractivity contribution in [2.24, 2.45) is 5.10 Å². The van der Waals surface area contributed by atoms with Gasteiger partial charge in [-0.1, -0.05) is 35.9 Å². The molecule has 0 spiro atoms. The average molecular weight is 450 g/mol. The van der Waals surface area contributed by atoms with Crippen LogP contribution in [0, 0.1) is 6.92 Å². The number of ether oxygens (including phenoxy) is 1. The van der Waals surface area contributed by atoms with E-state index in [0.717, 1.165) is 5.56 Å². The third kappa shape index (κ3) is 6.02. The molecule has 0 bridgehead atoms. The zero-order valence-corrected chi connectivity index (χ0v) is 18.1. The molecule has 0 aliphatic carbocycles. The molecule has 0 atom stereocenters. The van der Waals surface area contributed by atoms with Crippen LogP contribution in [-0.2, 0) is 9.59 Å². The quantitative estimate of drug-likeness (QED) is 0.199. The van der Waals surface area contributed by atoms with Crippen LogP contribution in [0.25, 0.3) is 0 Å². The molecule has 0 aliphatic heterocycles. The van der Waals surface area contributed by atoms with E-state index in [1.807, 2.05) is 19.1 Å². The zero-order valence-electron chi connectivity index (χ0n) is 17.4. The predicted molar refractivity (Wildman–Crippen MR) is 123 cm³/mol. The van der Waals surface area contributed by atoms with Gasteiger partial charge in [0.15, 0.2) is 0 Å². The van der Waals surface area contributed by atoms with Crippen LogP contribution in [0.2, 0.25) is 5.02 Å². The topological polar surface area (TPSA) is 96.9 Å². The molecule has 0 aromatic heterocycles. The minimum atomic E-state index is -0.923. The minimum Gasteiger partial charge on any atom is -0.423 e. The van der Waals surface area contributed by atoms with Gasteiger partial charge in [-0.3, -0.25) is 9.59 Å². The van der Waals surface area contributed by atoms with Crippen molar-refractivity contribution in [1.29, 1.82) is 0 Å². The molecule has 3 rings (SSSR count). The summed E-state index contributed by atoms with van der Waals surface area (Å²) in [6, 6.07) is 20.2. The molecule has 2 amide bonds. The van der Waals surface area contributed by atoms with Crippen LogP contribution in [0.4, 0.5) is 5.69 Å². The maximum Gasteiger partial charge on any atom is 0.343 e. The Hall–Kier alpha value is -3.97. The maximum atomic E-state index is 12.3. The Kier molecular flexibility index (Phi) is 7.36. The zero-order chi connectivity index (χ0) is 23.1. The predicted octanol–water partition coefficient (Wildman–Crippen LogP) is 4.35. The van der Waals surface area contributed by atoms with E-state index in [9.17, 15) is 14.4 Å². The molecule has 0 unspecified atom stereocenters. The van der Waals surface area contributed by atoms with Crippen molar-refractivity contribution in [3.63, 3.8) is 0 Å². The van der Waals surface area contributed by atoms with Gasteiger partial charge in [-0.2, -0.15) is 5.10 Å². The molecule has 0 saturated heterocycles. The summed E-state index contributed by atoms with van der Waals surface area (Å²) in [4.78, 5) is 36.3. The van der Waals surface area contributed by atoms with Crippen molar-refractivity contribution in [2.45, 2.75) is 13.8 Å².